The van der Waals surface area contributed by atoms with Crippen molar-refractivity contribution >= 4 is 33.8 Å². The molecule has 1 aliphatic rings. The van der Waals surface area contributed by atoms with E-state index >= 15 is 0 Å². The predicted octanol–water partition coefficient (Wildman–Crippen LogP) is 3.36. The van der Waals surface area contributed by atoms with Crippen LogP contribution in [0.2, 0.25) is 0 Å². The molecule has 0 atom stereocenters. The first kappa shape index (κ1) is 20.5. The summed E-state index contributed by atoms with van der Waals surface area (Å²) in [5.74, 6) is -0.165. The Morgan fingerprint density at radius 3 is 2.72 bits per heavy atom. The van der Waals surface area contributed by atoms with Gasteiger partial charge in [-0.2, -0.15) is 5.10 Å². The van der Waals surface area contributed by atoms with E-state index in [0.29, 0.717) is 11.6 Å². The molecule has 1 aliphatic heterocycles. The third kappa shape index (κ3) is 3.82. The lowest BCUT2D eigenvalue weighted by atomic mass is 10.0. The molecule has 4 aromatic rings. The number of anilines is 2. The summed E-state index contributed by atoms with van der Waals surface area (Å²) in [6.45, 7) is 7.11. The van der Waals surface area contributed by atoms with Crippen molar-refractivity contribution < 1.29 is 4.79 Å². The summed E-state index contributed by atoms with van der Waals surface area (Å²) in [4.78, 5) is 20.0. The summed E-state index contributed by atoms with van der Waals surface area (Å²) in [5, 5.41) is 12.2. The predicted molar refractivity (Wildman–Crippen MR) is 128 cm³/mol. The van der Waals surface area contributed by atoms with Gasteiger partial charge >= 0.3 is 0 Å². The van der Waals surface area contributed by atoms with Crippen LogP contribution in [-0.2, 0) is 7.05 Å². The van der Waals surface area contributed by atoms with Gasteiger partial charge in [-0.1, -0.05) is 6.92 Å². The third-order valence-corrected chi connectivity index (χ3v) is 6.17. The number of pyridine rings is 1. The Labute approximate surface area is 187 Å². The Morgan fingerprint density at radius 1 is 1.12 bits per heavy atom. The fourth-order valence-corrected chi connectivity index (χ4v) is 4.67. The molecule has 8 nitrogen and oxygen atoms in total. The van der Waals surface area contributed by atoms with E-state index in [1.54, 1.807) is 4.68 Å². The average molecular weight is 432 g/mol. The lowest BCUT2D eigenvalue weighted by molar-refractivity contribution is 0.102. The van der Waals surface area contributed by atoms with E-state index in [0.717, 1.165) is 66.1 Å². The smallest absolute Gasteiger partial charge is 0.257 e. The molecule has 166 valence electrons. The molecular weight excluding hydrogens is 402 g/mol. The maximum absolute atomic E-state index is 13.2. The summed E-state index contributed by atoms with van der Waals surface area (Å²) in [6, 6.07) is 8.32. The van der Waals surface area contributed by atoms with Crippen molar-refractivity contribution in [3.63, 3.8) is 0 Å². The molecule has 5 rings (SSSR count). The Morgan fingerprint density at radius 2 is 1.94 bits per heavy atom. The molecule has 8 heteroatoms. The highest BCUT2D eigenvalue weighted by molar-refractivity contribution is 6.13. The van der Waals surface area contributed by atoms with E-state index in [1.807, 2.05) is 55.2 Å². The zero-order valence-electron chi connectivity index (χ0n) is 18.8. The monoisotopic (exact) mass is 431 g/mol. The second kappa shape index (κ2) is 8.27. The van der Waals surface area contributed by atoms with Crippen molar-refractivity contribution in [2.75, 3.05) is 29.9 Å². The van der Waals surface area contributed by atoms with Crippen LogP contribution < -0.4 is 15.5 Å². The lowest BCUT2D eigenvalue weighted by Crippen LogP contribution is -2.42. The van der Waals surface area contributed by atoms with E-state index in [-0.39, 0.29) is 5.91 Å². The second-order valence-electron chi connectivity index (χ2n) is 8.54. The number of carbonyl (C=O) groups is 1. The number of aryl methyl sites for hydroxylation is 2. The molecule has 0 unspecified atom stereocenters. The largest absolute Gasteiger partial charge is 0.371 e. The minimum atomic E-state index is -0.165. The van der Waals surface area contributed by atoms with Crippen molar-refractivity contribution in [2.24, 2.45) is 7.05 Å². The zero-order chi connectivity index (χ0) is 22.2. The number of nitrogens with zero attached hydrogens (tertiary/aromatic N) is 5. The van der Waals surface area contributed by atoms with Gasteiger partial charge in [-0.05, 0) is 50.6 Å². The van der Waals surface area contributed by atoms with Gasteiger partial charge < -0.3 is 19.9 Å². The molecule has 2 N–H and O–H groups in total. The highest BCUT2D eigenvalue weighted by Crippen LogP contribution is 2.31. The van der Waals surface area contributed by atoms with Crippen LogP contribution in [-0.4, -0.2) is 50.7 Å². The van der Waals surface area contributed by atoms with Crippen LogP contribution in [0.3, 0.4) is 0 Å². The first-order valence-corrected chi connectivity index (χ1v) is 11.2. The van der Waals surface area contributed by atoms with Crippen molar-refractivity contribution in [3.8, 4) is 0 Å². The molecule has 32 heavy (non-hydrogen) atoms. The summed E-state index contributed by atoms with van der Waals surface area (Å²) in [5.41, 5.74) is 4.97. The second-order valence-corrected chi connectivity index (χ2v) is 8.54. The average Bonchev–Trinajstić information content (AvgIpc) is 3.34. The van der Waals surface area contributed by atoms with Crippen LogP contribution in [0, 0.1) is 6.92 Å². The Bertz CT molecular complexity index is 1280. The van der Waals surface area contributed by atoms with Gasteiger partial charge in [0.05, 0.1) is 16.9 Å². The molecule has 1 amide bonds. The van der Waals surface area contributed by atoms with Crippen LogP contribution in [0.5, 0.6) is 0 Å². The number of nitrogens with one attached hydrogen (secondary N) is 2. The van der Waals surface area contributed by atoms with Gasteiger partial charge in [0, 0.05) is 55.8 Å². The summed E-state index contributed by atoms with van der Waals surface area (Å²) < 4.78 is 3.71. The molecule has 0 radical (unpaired) electrons. The number of imidazole rings is 1. The number of piperidine rings is 1. The van der Waals surface area contributed by atoms with Crippen molar-refractivity contribution in [3.05, 3.63) is 54.1 Å². The van der Waals surface area contributed by atoms with Gasteiger partial charge in [-0.15, -0.1) is 0 Å². The number of benzene rings is 1. The fourth-order valence-electron chi connectivity index (χ4n) is 4.67. The molecule has 1 aromatic carbocycles. The standard InChI is InChI=1S/C24H29N7O/c1-4-25-17-9-11-30(12-10-17)21-7-6-19(23-20(21)15-29(3)28-23)24(32)27-18-5-8-22-26-16(2)13-31(22)14-18/h5-8,13-15,17,25H,4,9-12H2,1-3H3,(H,27,32). The van der Waals surface area contributed by atoms with Crippen LogP contribution in [0.15, 0.2) is 42.9 Å². The van der Waals surface area contributed by atoms with Gasteiger partial charge in [0.1, 0.15) is 11.2 Å². The number of aromatic nitrogens is 4. The number of fused-ring (bicyclic) bond motifs is 2. The van der Waals surface area contributed by atoms with Gasteiger partial charge in [-0.3, -0.25) is 9.48 Å². The van der Waals surface area contributed by atoms with Gasteiger partial charge in [0.25, 0.3) is 5.91 Å². The Kier molecular flexibility index (Phi) is 5.30. The van der Waals surface area contributed by atoms with E-state index in [4.69, 9.17) is 0 Å². The van der Waals surface area contributed by atoms with Gasteiger partial charge in [0.15, 0.2) is 0 Å². The van der Waals surface area contributed by atoms with E-state index in [1.165, 1.54) is 0 Å². The SMILES string of the molecule is CCNC1CCN(c2ccc(C(=O)Nc3ccc4nc(C)cn4c3)c3nn(C)cc23)CC1. The van der Waals surface area contributed by atoms with Crippen molar-refractivity contribution in [1.29, 1.82) is 0 Å². The molecule has 1 saturated heterocycles. The minimum absolute atomic E-state index is 0.165. The van der Waals surface area contributed by atoms with Crippen molar-refractivity contribution in [2.45, 2.75) is 32.7 Å². The van der Waals surface area contributed by atoms with Crippen LogP contribution in [0.25, 0.3) is 16.6 Å². The van der Waals surface area contributed by atoms with Crippen LogP contribution >= 0.6 is 0 Å². The third-order valence-electron chi connectivity index (χ3n) is 6.17. The van der Waals surface area contributed by atoms with E-state index < -0.39 is 0 Å². The first-order valence-electron chi connectivity index (χ1n) is 11.2. The summed E-state index contributed by atoms with van der Waals surface area (Å²) in [7, 11) is 1.90. The quantitative estimate of drug-likeness (QED) is 0.507. The topological polar surface area (TPSA) is 79.5 Å². The fraction of sp³-hybridized carbons (Fsp3) is 0.375. The lowest BCUT2D eigenvalue weighted by Gasteiger charge is -2.34. The van der Waals surface area contributed by atoms with Gasteiger partial charge in [-0.25, -0.2) is 4.98 Å². The van der Waals surface area contributed by atoms with Crippen molar-refractivity contribution in [1.82, 2.24) is 24.5 Å². The Hall–Kier alpha value is -3.39. The molecule has 3 aromatic heterocycles. The number of rotatable bonds is 5. The maximum Gasteiger partial charge on any atom is 0.257 e. The molecule has 1 fully saturated rings. The van der Waals surface area contributed by atoms with Crippen LogP contribution in [0.4, 0.5) is 11.4 Å². The molecule has 0 spiro atoms. The molecular formula is C24H29N7O. The molecule has 4 heterocycles. The normalized spacial score (nSPS) is 15.0. The summed E-state index contributed by atoms with van der Waals surface area (Å²) in [6.07, 6.45) is 8.07. The summed E-state index contributed by atoms with van der Waals surface area (Å²) >= 11 is 0. The Balaban J connectivity index is 1.42. The number of amides is 1. The zero-order valence-corrected chi connectivity index (χ0v) is 18.8. The van der Waals surface area contributed by atoms with Gasteiger partial charge in [0.2, 0.25) is 0 Å². The number of hydrogen-bond donors (Lipinski definition) is 2. The highest BCUT2D eigenvalue weighted by atomic mass is 16.1. The molecule has 0 aliphatic carbocycles. The number of hydrogen-bond acceptors (Lipinski definition) is 5. The number of carbonyl (C=O) groups excluding carboxylic acids is 1. The maximum atomic E-state index is 13.2. The van der Waals surface area contributed by atoms with E-state index in [9.17, 15) is 4.79 Å². The molecule has 0 bridgehead atoms. The van der Waals surface area contributed by atoms with E-state index in [2.05, 4.69) is 38.6 Å². The minimum Gasteiger partial charge on any atom is -0.371 e. The van der Waals surface area contributed by atoms with Crippen LogP contribution in [0.1, 0.15) is 35.8 Å². The first-order chi connectivity index (χ1) is 15.5. The highest BCUT2D eigenvalue weighted by Gasteiger charge is 2.23. The molecule has 0 saturated carbocycles.